The summed E-state index contributed by atoms with van der Waals surface area (Å²) in [6.45, 7) is 0. The monoisotopic (exact) mass is 494 g/mol. The molecule has 0 saturated heterocycles. The summed E-state index contributed by atoms with van der Waals surface area (Å²) in [5.74, 6) is 0. The summed E-state index contributed by atoms with van der Waals surface area (Å²) in [5.41, 5.74) is 0. The molecule has 0 saturated carbocycles. The second-order valence-electron chi connectivity index (χ2n) is 0. The summed E-state index contributed by atoms with van der Waals surface area (Å²) >= 11 is 0. The molecule has 0 unspecified atom stereocenters. The fraction of sp³-hybridized carbons (Fsp3) is 0. The first-order valence-electron chi connectivity index (χ1n) is 0. The van der Waals surface area contributed by atoms with Crippen LogP contribution < -0.4 is 0 Å². The van der Waals surface area contributed by atoms with Gasteiger partial charge in [0.1, 0.15) is 0 Å². The van der Waals surface area contributed by atoms with Crippen molar-refractivity contribution >= 4 is 0 Å². The van der Waals surface area contributed by atoms with Crippen LogP contribution in [0.1, 0.15) is 0 Å². The van der Waals surface area contributed by atoms with Crippen molar-refractivity contribution in [2.45, 2.75) is 0 Å². The molecule has 0 aromatic carbocycles. The van der Waals surface area contributed by atoms with E-state index in [1.807, 2.05) is 0 Å². The first-order valence-corrected chi connectivity index (χ1v) is 0. The predicted molar refractivity (Wildman–Crippen MR) is 0 cm³/mol. The van der Waals surface area contributed by atoms with E-state index in [-0.39, 0.29) is 139 Å². The van der Waals surface area contributed by atoms with Gasteiger partial charge in [-0.3, -0.25) is 0 Å². The molecule has 0 nitrogen and oxygen atoms in total. The molecule has 0 aliphatic carbocycles. The minimum atomic E-state index is 0. The Morgan fingerprint density at radius 2 is 1.00 bits per heavy atom. The Morgan fingerprint density at radius 1 is 1.00 bits per heavy atom. The Morgan fingerprint density at radius 3 is 1.00 bits per heavy atom. The number of hydrogen-bond acceptors (Lipinski definition) is 0. The maximum Gasteiger partial charge on any atom is 0 e. The SMILES string of the molecule is [Co].[Nd].[Pr].[Sm]. The van der Waals surface area contributed by atoms with Crippen LogP contribution in [-0.2, 0) is 16.8 Å². The Kier molecular flexibility index (Phi) is 92.0. The van der Waals surface area contributed by atoms with E-state index in [0.717, 1.165) is 0 Å². The molecule has 4 heteroatoms. The van der Waals surface area contributed by atoms with Crippen molar-refractivity contribution in [3.63, 3.8) is 0 Å². The molecule has 0 atom stereocenters. The molecule has 0 spiro atoms. The summed E-state index contributed by atoms with van der Waals surface area (Å²) in [7, 11) is 0. The third-order valence-corrected chi connectivity index (χ3v) is 0. The van der Waals surface area contributed by atoms with Crippen LogP contribution in [0.4, 0.5) is 0 Å². The van der Waals surface area contributed by atoms with Crippen LogP contribution in [0.15, 0.2) is 0 Å². The molecule has 0 aromatic rings. The van der Waals surface area contributed by atoms with E-state index < -0.39 is 0 Å². The van der Waals surface area contributed by atoms with Gasteiger partial charge in [0.05, 0.1) is 0 Å². The number of rotatable bonds is 0. The summed E-state index contributed by atoms with van der Waals surface area (Å²) in [6.07, 6.45) is 0. The first-order chi connectivity index (χ1) is 0. The summed E-state index contributed by atoms with van der Waals surface area (Å²) in [5, 5.41) is 0. The van der Waals surface area contributed by atoms with Gasteiger partial charge in [0.15, 0.2) is 0 Å². The molecule has 22 valence electrons. The Bertz CT molecular complexity index is 8.00. The maximum atomic E-state index is 0. The molecule has 0 bridgehead atoms. The van der Waals surface area contributed by atoms with Gasteiger partial charge in [0.25, 0.3) is 0 Å². The normalized spacial score (nSPS) is 0. The van der Waals surface area contributed by atoms with Gasteiger partial charge >= 0.3 is 0 Å². The fourth-order valence-corrected chi connectivity index (χ4v) is 0. The molecular formula is CoNdPrSm. The molecule has 0 aliphatic rings. The largest absolute Gasteiger partial charge is 0 e. The summed E-state index contributed by atoms with van der Waals surface area (Å²) in [4.78, 5) is 0. The molecule has 0 fully saturated rings. The van der Waals surface area contributed by atoms with Crippen molar-refractivity contribution in [3.8, 4) is 0 Å². The Balaban J connectivity index is 0. The predicted octanol–water partition coefficient (Wildman–Crippen LogP) is -0.00250. The molecule has 4 heavy (non-hydrogen) atoms. The van der Waals surface area contributed by atoms with Crippen LogP contribution in [0.2, 0.25) is 0 Å². The van der Waals surface area contributed by atoms with Crippen molar-refractivity contribution in [2.75, 3.05) is 0 Å². The minimum absolute atomic E-state index is 0. The molecule has 0 aliphatic heterocycles. The van der Waals surface area contributed by atoms with Crippen molar-refractivity contribution in [1.82, 2.24) is 0 Å². The second kappa shape index (κ2) is 15.6. The molecule has 0 aromatic heterocycles. The van der Waals surface area contributed by atoms with Crippen molar-refractivity contribution in [3.05, 3.63) is 0 Å². The van der Waals surface area contributed by atoms with E-state index in [0.29, 0.717) is 0 Å². The van der Waals surface area contributed by atoms with Gasteiger partial charge < -0.3 is 0 Å². The Labute approximate surface area is 135 Å². The zero-order valence-electron chi connectivity index (χ0n) is 1.82. The average Bonchev–Trinajstić information content (AvgIpc) is 0. The van der Waals surface area contributed by atoms with Crippen molar-refractivity contribution < 1.29 is 139 Å². The molecule has 0 rings (SSSR count). The van der Waals surface area contributed by atoms with E-state index in [1.54, 1.807) is 0 Å². The second-order valence-corrected chi connectivity index (χ2v) is 0. The smallest absolute Gasteiger partial charge is 0 e. The van der Waals surface area contributed by atoms with Gasteiger partial charge in [0.2, 0.25) is 0 Å². The van der Waals surface area contributed by atoms with Crippen LogP contribution >= 0.6 is 0 Å². The van der Waals surface area contributed by atoms with Crippen LogP contribution in [0.5, 0.6) is 0 Å². The van der Waals surface area contributed by atoms with Gasteiger partial charge in [0, 0.05) is 139 Å². The molecule has 0 N–H and O–H groups in total. The van der Waals surface area contributed by atoms with E-state index >= 15 is 0 Å². The minimum Gasteiger partial charge on any atom is 0 e. The standard InChI is InChI=1S/Co.Nd.Pr.Sm. The third kappa shape index (κ3) is 9.75. The van der Waals surface area contributed by atoms with Gasteiger partial charge in [-0.15, -0.1) is 0 Å². The van der Waals surface area contributed by atoms with E-state index in [2.05, 4.69) is 0 Å². The van der Waals surface area contributed by atoms with Crippen LogP contribution in [-0.4, -0.2) is 0 Å². The zero-order chi connectivity index (χ0) is 0. The summed E-state index contributed by atoms with van der Waals surface area (Å²) in [6, 6.07) is 0. The number of hydrogen-bond donors (Lipinski definition) is 0. The third-order valence-electron chi connectivity index (χ3n) is 0. The zero-order valence-corrected chi connectivity index (χ0v) is 12.4. The maximum absolute atomic E-state index is 0. The van der Waals surface area contributed by atoms with E-state index in [1.165, 1.54) is 0 Å². The fourth-order valence-electron chi connectivity index (χ4n) is 0. The molecule has 0 amide bonds. The molecule has 0 heterocycles. The quantitative estimate of drug-likeness (QED) is 0.445. The van der Waals surface area contributed by atoms with Crippen molar-refractivity contribution in [2.24, 2.45) is 0 Å². The topological polar surface area (TPSA) is 0 Å². The van der Waals surface area contributed by atoms with Gasteiger partial charge in [-0.2, -0.15) is 0 Å². The summed E-state index contributed by atoms with van der Waals surface area (Å²) < 4.78 is 0. The van der Waals surface area contributed by atoms with Gasteiger partial charge in [-0.05, 0) is 0 Å². The van der Waals surface area contributed by atoms with E-state index in [9.17, 15) is 0 Å². The van der Waals surface area contributed by atoms with E-state index in [4.69, 9.17) is 0 Å². The average molecular weight is 494 g/mol. The van der Waals surface area contributed by atoms with Gasteiger partial charge in [-0.1, -0.05) is 0 Å². The van der Waals surface area contributed by atoms with Crippen molar-refractivity contribution in [1.29, 1.82) is 0 Å². The van der Waals surface area contributed by atoms with Crippen LogP contribution in [0.3, 0.4) is 0 Å². The van der Waals surface area contributed by atoms with Crippen LogP contribution in [0, 0.1) is 123 Å². The first kappa shape index (κ1) is 23.5. The Hall–Kier alpha value is 4.56. The van der Waals surface area contributed by atoms with Crippen LogP contribution in [0.25, 0.3) is 0 Å². The molecule has 2 radical (unpaired) electrons. The van der Waals surface area contributed by atoms with Gasteiger partial charge in [-0.25, -0.2) is 0 Å². The molecular weight excluding hydrogens is 494 g/mol.